The summed E-state index contributed by atoms with van der Waals surface area (Å²) in [6, 6.07) is 6.46. The third kappa shape index (κ3) is 5.15. The number of rotatable bonds is 3. The second-order valence-corrected chi connectivity index (χ2v) is 8.79. The van der Waals surface area contributed by atoms with Gasteiger partial charge in [-0.2, -0.15) is 0 Å². The minimum atomic E-state index is -0.498. The molecule has 0 bridgehead atoms. The fourth-order valence-corrected chi connectivity index (χ4v) is 3.85. The zero-order chi connectivity index (χ0) is 19.6. The Bertz CT molecular complexity index is 788. The molecule has 1 aromatic heterocycles. The summed E-state index contributed by atoms with van der Waals surface area (Å²) >= 11 is 1.54. The SMILES string of the molecule is C[C@@H]1CN(c2nnc(Cc3ccc(F)cc3)s2)CCN1C(=O)OC(C)(C)C. The molecule has 1 aromatic carbocycles. The van der Waals surface area contributed by atoms with Crippen LogP contribution in [0, 0.1) is 5.82 Å². The summed E-state index contributed by atoms with van der Waals surface area (Å²) in [5.41, 5.74) is 0.504. The second kappa shape index (κ2) is 7.80. The number of hydrogen-bond donors (Lipinski definition) is 0. The van der Waals surface area contributed by atoms with Crippen molar-refractivity contribution in [3.05, 3.63) is 40.7 Å². The highest BCUT2D eigenvalue weighted by molar-refractivity contribution is 7.15. The number of carbonyl (C=O) groups is 1. The Morgan fingerprint density at radius 2 is 1.96 bits per heavy atom. The molecule has 2 aromatic rings. The molecule has 0 unspecified atom stereocenters. The van der Waals surface area contributed by atoms with Crippen LogP contribution in [0.25, 0.3) is 0 Å². The number of benzene rings is 1. The average Bonchev–Trinajstić information content (AvgIpc) is 3.03. The van der Waals surface area contributed by atoms with Crippen molar-refractivity contribution < 1.29 is 13.9 Å². The lowest BCUT2D eigenvalue weighted by Crippen LogP contribution is -2.55. The first-order valence-corrected chi connectivity index (χ1v) is 9.84. The van der Waals surface area contributed by atoms with Crippen LogP contribution in [-0.4, -0.2) is 52.5 Å². The Kier molecular flexibility index (Phi) is 5.64. The van der Waals surface area contributed by atoms with Gasteiger partial charge in [0, 0.05) is 32.1 Å². The molecule has 1 saturated heterocycles. The predicted octanol–water partition coefficient (Wildman–Crippen LogP) is 3.71. The molecule has 8 heteroatoms. The fourth-order valence-electron chi connectivity index (χ4n) is 2.94. The van der Waals surface area contributed by atoms with Gasteiger partial charge in [0.2, 0.25) is 5.13 Å². The van der Waals surface area contributed by atoms with Crippen molar-refractivity contribution in [2.75, 3.05) is 24.5 Å². The molecule has 1 aliphatic heterocycles. The minimum Gasteiger partial charge on any atom is -0.444 e. The molecule has 1 fully saturated rings. The van der Waals surface area contributed by atoms with Crippen LogP contribution in [-0.2, 0) is 11.2 Å². The highest BCUT2D eigenvalue weighted by Gasteiger charge is 2.31. The van der Waals surface area contributed by atoms with E-state index in [0.717, 1.165) is 15.7 Å². The first kappa shape index (κ1) is 19.5. The van der Waals surface area contributed by atoms with Gasteiger partial charge in [-0.1, -0.05) is 23.5 Å². The van der Waals surface area contributed by atoms with Crippen LogP contribution in [0.4, 0.5) is 14.3 Å². The number of hydrogen-bond acceptors (Lipinski definition) is 6. The van der Waals surface area contributed by atoms with E-state index in [1.165, 1.54) is 23.5 Å². The van der Waals surface area contributed by atoms with Gasteiger partial charge in [-0.05, 0) is 45.4 Å². The maximum atomic E-state index is 13.0. The second-order valence-electron chi connectivity index (χ2n) is 7.75. The zero-order valence-electron chi connectivity index (χ0n) is 16.1. The maximum absolute atomic E-state index is 13.0. The smallest absolute Gasteiger partial charge is 0.410 e. The molecule has 3 rings (SSSR count). The molecule has 146 valence electrons. The molecule has 1 aliphatic rings. The van der Waals surface area contributed by atoms with Gasteiger partial charge in [0.25, 0.3) is 0 Å². The van der Waals surface area contributed by atoms with E-state index in [4.69, 9.17) is 4.74 Å². The first-order chi connectivity index (χ1) is 12.7. The van der Waals surface area contributed by atoms with Crippen LogP contribution in [0.5, 0.6) is 0 Å². The van der Waals surface area contributed by atoms with E-state index in [-0.39, 0.29) is 18.0 Å². The molecular weight excluding hydrogens is 367 g/mol. The van der Waals surface area contributed by atoms with Crippen LogP contribution in [0.1, 0.15) is 38.3 Å². The van der Waals surface area contributed by atoms with Crippen LogP contribution in [0.2, 0.25) is 0 Å². The van der Waals surface area contributed by atoms with Crippen molar-refractivity contribution in [1.29, 1.82) is 0 Å². The summed E-state index contributed by atoms with van der Waals surface area (Å²) in [4.78, 5) is 16.2. The Balaban J connectivity index is 1.60. The molecule has 0 N–H and O–H groups in total. The zero-order valence-corrected chi connectivity index (χ0v) is 16.9. The molecule has 1 amide bonds. The summed E-state index contributed by atoms with van der Waals surface area (Å²) in [5.74, 6) is -0.242. The fraction of sp³-hybridized carbons (Fsp3) is 0.526. The third-order valence-corrected chi connectivity index (χ3v) is 5.23. The van der Waals surface area contributed by atoms with Crippen molar-refractivity contribution in [3.63, 3.8) is 0 Å². The number of aromatic nitrogens is 2. The van der Waals surface area contributed by atoms with E-state index in [1.807, 2.05) is 27.7 Å². The largest absolute Gasteiger partial charge is 0.444 e. The molecule has 0 aliphatic carbocycles. The van der Waals surface area contributed by atoms with Crippen molar-refractivity contribution in [1.82, 2.24) is 15.1 Å². The van der Waals surface area contributed by atoms with Gasteiger partial charge in [0.1, 0.15) is 16.4 Å². The number of carbonyl (C=O) groups excluding carboxylic acids is 1. The van der Waals surface area contributed by atoms with Gasteiger partial charge in [-0.15, -0.1) is 10.2 Å². The number of piperazine rings is 1. The molecule has 0 radical (unpaired) electrons. The summed E-state index contributed by atoms with van der Waals surface area (Å²) in [6.45, 7) is 9.58. The first-order valence-electron chi connectivity index (χ1n) is 9.02. The molecule has 27 heavy (non-hydrogen) atoms. The number of anilines is 1. The number of nitrogens with zero attached hydrogens (tertiary/aromatic N) is 4. The van der Waals surface area contributed by atoms with Crippen molar-refractivity contribution in [3.8, 4) is 0 Å². The van der Waals surface area contributed by atoms with Gasteiger partial charge in [0.15, 0.2) is 0 Å². The summed E-state index contributed by atoms with van der Waals surface area (Å²) in [5, 5.41) is 10.3. The molecule has 0 saturated carbocycles. The average molecular weight is 393 g/mol. The third-order valence-electron chi connectivity index (χ3n) is 4.25. The summed E-state index contributed by atoms with van der Waals surface area (Å²) in [6.07, 6.45) is 0.356. The van der Waals surface area contributed by atoms with Gasteiger partial charge >= 0.3 is 6.09 Å². The van der Waals surface area contributed by atoms with Crippen LogP contribution in [0.15, 0.2) is 24.3 Å². The van der Waals surface area contributed by atoms with E-state index in [2.05, 4.69) is 15.1 Å². The van der Waals surface area contributed by atoms with Gasteiger partial charge in [0.05, 0.1) is 0 Å². The Morgan fingerprint density at radius 3 is 2.59 bits per heavy atom. The topological polar surface area (TPSA) is 58.6 Å². The summed E-state index contributed by atoms with van der Waals surface area (Å²) in [7, 11) is 0. The standard InChI is InChI=1S/C19H25FN4O2S/c1-13-12-23(9-10-24(13)18(25)26-19(2,3)4)17-22-21-16(27-17)11-14-5-7-15(20)8-6-14/h5-8,13H,9-12H2,1-4H3/t13-/m1/s1. The predicted molar refractivity (Wildman–Crippen MR) is 104 cm³/mol. The Morgan fingerprint density at radius 1 is 1.26 bits per heavy atom. The van der Waals surface area contributed by atoms with Crippen LogP contribution < -0.4 is 4.90 Å². The van der Waals surface area contributed by atoms with Gasteiger partial charge in [-0.3, -0.25) is 0 Å². The van der Waals surface area contributed by atoms with E-state index >= 15 is 0 Å². The number of ether oxygens (including phenoxy) is 1. The normalized spacial score (nSPS) is 17.9. The van der Waals surface area contributed by atoms with Crippen molar-refractivity contribution >= 4 is 22.6 Å². The van der Waals surface area contributed by atoms with Gasteiger partial charge in [-0.25, -0.2) is 9.18 Å². The van der Waals surface area contributed by atoms with E-state index < -0.39 is 5.60 Å². The van der Waals surface area contributed by atoms with Crippen LogP contribution >= 0.6 is 11.3 Å². The quantitative estimate of drug-likeness (QED) is 0.797. The molecular formula is C19H25FN4O2S. The highest BCUT2D eigenvalue weighted by atomic mass is 32.1. The minimum absolute atomic E-state index is 0.0260. The summed E-state index contributed by atoms with van der Waals surface area (Å²) < 4.78 is 18.5. The molecule has 2 heterocycles. The lowest BCUT2D eigenvalue weighted by molar-refractivity contribution is 0.0159. The van der Waals surface area contributed by atoms with E-state index in [0.29, 0.717) is 26.1 Å². The lowest BCUT2D eigenvalue weighted by atomic mass is 10.2. The van der Waals surface area contributed by atoms with Crippen molar-refractivity contribution in [2.45, 2.75) is 45.8 Å². The van der Waals surface area contributed by atoms with Crippen molar-refractivity contribution in [2.24, 2.45) is 0 Å². The van der Waals surface area contributed by atoms with E-state index in [9.17, 15) is 9.18 Å². The molecule has 0 spiro atoms. The monoisotopic (exact) mass is 392 g/mol. The van der Waals surface area contributed by atoms with Crippen LogP contribution in [0.3, 0.4) is 0 Å². The maximum Gasteiger partial charge on any atom is 0.410 e. The Labute approximate surface area is 163 Å². The molecule has 6 nitrogen and oxygen atoms in total. The van der Waals surface area contributed by atoms with Gasteiger partial charge < -0.3 is 14.5 Å². The highest BCUT2D eigenvalue weighted by Crippen LogP contribution is 2.25. The van der Waals surface area contributed by atoms with E-state index in [1.54, 1.807) is 17.0 Å². The lowest BCUT2D eigenvalue weighted by Gasteiger charge is -2.39. The number of halogens is 1. The number of amides is 1. The Hall–Kier alpha value is -2.22. The molecule has 1 atom stereocenters.